The first-order valence-electron chi connectivity index (χ1n) is 4.99. The highest BCUT2D eigenvalue weighted by Crippen LogP contribution is 2.25. The Kier molecular flexibility index (Phi) is 2.40. The van der Waals surface area contributed by atoms with Crippen molar-refractivity contribution in [1.29, 1.82) is 0 Å². The largest absolute Gasteiger partial charge is 0.399 e. The molecule has 2 rings (SSSR count). The minimum atomic E-state index is 0.833. The Hall–Kier alpha value is -1.50. The first-order valence-corrected chi connectivity index (χ1v) is 4.99. The summed E-state index contributed by atoms with van der Waals surface area (Å²) in [5.41, 5.74) is 10.6. The Morgan fingerprint density at radius 1 is 1.29 bits per heavy atom. The van der Waals surface area contributed by atoms with Crippen LogP contribution in [-0.2, 0) is 0 Å². The molecule has 1 aliphatic carbocycles. The highest BCUT2D eigenvalue weighted by Gasteiger charge is 2.04. The van der Waals surface area contributed by atoms with Gasteiger partial charge in [0.25, 0.3) is 0 Å². The lowest BCUT2D eigenvalue weighted by atomic mass is 9.95. The van der Waals surface area contributed by atoms with Gasteiger partial charge in [0.05, 0.1) is 0 Å². The van der Waals surface area contributed by atoms with Crippen LogP contribution in [0, 0.1) is 0 Å². The lowest BCUT2D eigenvalue weighted by Gasteiger charge is -2.11. The Balaban J connectivity index is 2.36. The summed E-state index contributed by atoms with van der Waals surface area (Å²) in [6.45, 7) is 2.18. The minimum absolute atomic E-state index is 0.833. The summed E-state index contributed by atoms with van der Waals surface area (Å²) in [6.07, 6.45) is 6.86. The van der Waals surface area contributed by atoms with Gasteiger partial charge in [-0.05, 0) is 43.0 Å². The van der Waals surface area contributed by atoms with E-state index in [2.05, 4.69) is 25.1 Å². The van der Waals surface area contributed by atoms with Crippen molar-refractivity contribution >= 4 is 11.3 Å². The van der Waals surface area contributed by atoms with Crippen LogP contribution in [0.3, 0.4) is 0 Å². The van der Waals surface area contributed by atoms with Gasteiger partial charge < -0.3 is 5.73 Å². The summed E-state index contributed by atoms with van der Waals surface area (Å²) in [7, 11) is 0. The molecule has 0 amide bonds. The van der Waals surface area contributed by atoms with Gasteiger partial charge in [-0.25, -0.2) is 0 Å². The third-order valence-electron chi connectivity index (χ3n) is 2.52. The van der Waals surface area contributed by atoms with Crippen molar-refractivity contribution in [1.82, 2.24) is 0 Å². The van der Waals surface area contributed by atoms with Crippen LogP contribution in [0.1, 0.15) is 25.3 Å². The predicted molar refractivity (Wildman–Crippen MR) is 61.8 cm³/mol. The topological polar surface area (TPSA) is 26.0 Å². The van der Waals surface area contributed by atoms with Crippen molar-refractivity contribution in [2.75, 3.05) is 5.73 Å². The molecule has 0 fully saturated rings. The van der Waals surface area contributed by atoms with E-state index in [-0.39, 0.29) is 0 Å². The Morgan fingerprint density at radius 3 is 2.86 bits per heavy atom. The van der Waals surface area contributed by atoms with Crippen LogP contribution in [0.4, 0.5) is 5.69 Å². The highest BCUT2D eigenvalue weighted by atomic mass is 14.5. The molecule has 1 aliphatic rings. The molecule has 72 valence electrons. The molecule has 2 N–H and O–H groups in total. The molecule has 0 heterocycles. The normalized spacial score (nSPS) is 16.1. The van der Waals surface area contributed by atoms with E-state index < -0.39 is 0 Å². The smallest absolute Gasteiger partial charge is 0.0320 e. The molecular weight excluding hydrogens is 170 g/mol. The van der Waals surface area contributed by atoms with Crippen molar-refractivity contribution in [3.63, 3.8) is 0 Å². The summed E-state index contributed by atoms with van der Waals surface area (Å²) < 4.78 is 0. The second-order valence-corrected chi connectivity index (χ2v) is 3.81. The molecule has 0 saturated heterocycles. The third-order valence-corrected chi connectivity index (χ3v) is 2.52. The number of benzene rings is 1. The number of rotatable bonds is 1. The molecule has 1 heteroatoms. The summed E-state index contributed by atoms with van der Waals surface area (Å²) >= 11 is 0. The molecule has 1 nitrogen and oxygen atoms in total. The van der Waals surface area contributed by atoms with Crippen molar-refractivity contribution < 1.29 is 0 Å². The van der Waals surface area contributed by atoms with Crippen LogP contribution in [-0.4, -0.2) is 0 Å². The first-order chi connectivity index (χ1) is 6.75. The Bertz CT molecular complexity index is 399. The summed E-state index contributed by atoms with van der Waals surface area (Å²) in [4.78, 5) is 0. The fraction of sp³-hybridized carbons (Fsp3) is 0.231. The second-order valence-electron chi connectivity index (χ2n) is 3.81. The van der Waals surface area contributed by atoms with Gasteiger partial charge in [0, 0.05) is 5.69 Å². The summed E-state index contributed by atoms with van der Waals surface area (Å²) in [5.74, 6) is 0. The molecule has 0 saturated carbocycles. The van der Waals surface area contributed by atoms with Crippen LogP contribution in [0.5, 0.6) is 0 Å². The third kappa shape index (κ3) is 1.87. The van der Waals surface area contributed by atoms with Crippen LogP contribution in [0.15, 0.2) is 42.0 Å². The predicted octanol–water partition coefficient (Wildman–Crippen LogP) is 3.39. The monoisotopic (exact) mass is 185 g/mol. The van der Waals surface area contributed by atoms with Crippen molar-refractivity contribution in [2.24, 2.45) is 0 Å². The van der Waals surface area contributed by atoms with E-state index >= 15 is 0 Å². The maximum Gasteiger partial charge on any atom is 0.0320 e. The van der Waals surface area contributed by atoms with E-state index in [1.807, 2.05) is 18.2 Å². The molecule has 1 aromatic rings. The quantitative estimate of drug-likeness (QED) is 0.667. The van der Waals surface area contributed by atoms with Gasteiger partial charge in [-0.2, -0.15) is 0 Å². The fourth-order valence-electron chi connectivity index (χ4n) is 1.77. The van der Waals surface area contributed by atoms with Crippen molar-refractivity contribution in [3.8, 4) is 0 Å². The van der Waals surface area contributed by atoms with E-state index in [0.717, 1.165) is 12.1 Å². The van der Waals surface area contributed by atoms with Crippen LogP contribution >= 0.6 is 0 Å². The number of nitrogen functional groups attached to an aromatic ring is 1. The van der Waals surface area contributed by atoms with Crippen LogP contribution < -0.4 is 5.73 Å². The average molecular weight is 185 g/mol. The van der Waals surface area contributed by atoms with E-state index in [1.54, 1.807) is 0 Å². The molecular formula is C13H15N. The molecule has 1 aromatic carbocycles. The molecule has 0 aromatic heterocycles. The number of hydrogen-bond donors (Lipinski definition) is 1. The SMILES string of the molecule is CC1=CC(c2cccc(N)c2)=CCC1. The zero-order valence-electron chi connectivity index (χ0n) is 8.46. The summed E-state index contributed by atoms with van der Waals surface area (Å²) in [5, 5.41) is 0. The molecule has 14 heavy (non-hydrogen) atoms. The lowest BCUT2D eigenvalue weighted by Crippen LogP contribution is -1.91. The maximum absolute atomic E-state index is 5.75. The zero-order chi connectivity index (χ0) is 9.97. The number of hydrogen-bond acceptors (Lipinski definition) is 1. The van der Waals surface area contributed by atoms with Gasteiger partial charge in [0.15, 0.2) is 0 Å². The Labute approximate surface area is 84.9 Å². The van der Waals surface area contributed by atoms with Gasteiger partial charge in [-0.1, -0.05) is 29.9 Å². The van der Waals surface area contributed by atoms with Gasteiger partial charge >= 0.3 is 0 Å². The summed E-state index contributed by atoms with van der Waals surface area (Å²) in [6, 6.07) is 8.06. The standard InChI is InChI=1S/C13H15N/c1-10-4-2-5-11(8-10)12-6-3-7-13(14)9-12/h3,5-9H,2,4,14H2,1H3. The van der Waals surface area contributed by atoms with Crippen LogP contribution in [0.2, 0.25) is 0 Å². The van der Waals surface area contributed by atoms with Gasteiger partial charge in [-0.15, -0.1) is 0 Å². The Morgan fingerprint density at radius 2 is 2.14 bits per heavy atom. The van der Waals surface area contributed by atoms with E-state index in [9.17, 15) is 0 Å². The van der Waals surface area contributed by atoms with Gasteiger partial charge in [0.1, 0.15) is 0 Å². The number of anilines is 1. The van der Waals surface area contributed by atoms with E-state index in [4.69, 9.17) is 5.73 Å². The molecule has 0 bridgehead atoms. The lowest BCUT2D eigenvalue weighted by molar-refractivity contribution is 0.966. The molecule has 0 atom stereocenters. The first kappa shape index (κ1) is 9.07. The van der Waals surface area contributed by atoms with Gasteiger partial charge in [-0.3, -0.25) is 0 Å². The zero-order valence-corrected chi connectivity index (χ0v) is 8.46. The number of allylic oxidation sites excluding steroid dienone is 4. The van der Waals surface area contributed by atoms with Crippen molar-refractivity contribution in [2.45, 2.75) is 19.8 Å². The second kappa shape index (κ2) is 3.70. The molecule has 0 aliphatic heterocycles. The van der Waals surface area contributed by atoms with Gasteiger partial charge in [0.2, 0.25) is 0 Å². The average Bonchev–Trinajstić information content (AvgIpc) is 2.18. The molecule has 0 radical (unpaired) electrons. The van der Waals surface area contributed by atoms with E-state index in [0.29, 0.717) is 0 Å². The fourth-order valence-corrected chi connectivity index (χ4v) is 1.77. The number of nitrogens with two attached hydrogens (primary N) is 1. The van der Waals surface area contributed by atoms with Crippen molar-refractivity contribution in [3.05, 3.63) is 47.6 Å². The van der Waals surface area contributed by atoms with E-state index in [1.165, 1.54) is 23.1 Å². The maximum atomic E-state index is 5.75. The highest BCUT2D eigenvalue weighted by molar-refractivity contribution is 5.77. The molecule has 0 spiro atoms. The molecule has 0 unspecified atom stereocenters. The minimum Gasteiger partial charge on any atom is -0.399 e. The van der Waals surface area contributed by atoms with Crippen LogP contribution in [0.25, 0.3) is 5.57 Å².